The summed E-state index contributed by atoms with van der Waals surface area (Å²) in [4.78, 5) is 19.8. The predicted octanol–water partition coefficient (Wildman–Crippen LogP) is 0.316. The van der Waals surface area contributed by atoms with Gasteiger partial charge in [-0.15, -0.1) is 10.3 Å². The number of rotatable bonds is 8. The second-order valence-electron chi connectivity index (χ2n) is 5.13. The van der Waals surface area contributed by atoms with Gasteiger partial charge in [-0.1, -0.05) is 0 Å². The van der Waals surface area contributed by atoms with Crippen molar-refractivity contribution >= 4 is 6.29 Å². The summed E-state index contributed by atoms with van der Waals surface area (Å²) in [5.74, 6) is 0. The monoisotopic (exact) mass is 268 g/mol. The lowest BCUT2D eigenvalue weighted by atomic mass is 10.0. The van der Waals surface area contributed by atoms with Crippen molar-refractivity contribution in [1.82, 2.24) is 14.9 Å². The van der Waals surface area contributed by atoms with Crippen molar-refractivity contribution < 1.29 is 9.63 Å². The van der Waals surface area contributed by atoms with Crippen LogP contribution in [0.15, 0.2) is 0 Å². The number of carbonyl (C=O) groups excluding carboxylic acids is 1. The molecule has 0 bridgehead atoms. The molecule has 0 radical (unpaired) electrons. The molecule has 0 saturated carbocycles. The van der Waals surface area contributed by atoms with Crippen LogP contribution in [0.4, 0.5) is 0 Å². The molecule has 0 aromatic carbocycles. The van der Waals surface area contributed by atoms with Gasteiger partial charge in [0.05, 0.1) is 6.54 Å². The number of hydrogen-bond acceptors (Lipinski definition) is 6. The number of hydroxylamine groups is 2. The highest BCUT2D eigenvalue weighted by atomic mass is 16.7. The fourth-order valence-corrected chi connectivity index (χ4v) is 2.45. The molecular formula is C13H24N4O2. The highest BCUT2D eigenvalue weighted by Crippen LogP contribution is 2.14. The molecule has 0 unspecified atom stereocenters. The first kappa shape index (κ1) is 15.9. The van der Waals surface area contributed by atoms with Gasteiger partial charge in [0.25, 0.3) is 0 Å². The Bertz CT molecular complexity index is 296. The number of nitriles is 1. The summed E-state index contributed by atoms with van der Waals surface area (Å²) in [6, 6.07) is 0.699. The molecule has 1 saturated heterocycles. The Morgan fingerprint density at radius 1 is 1.42 bits per heavy atom. The van der Waals surface area contributed by atoms with Crippen molar-refractivity contribution in [1.29, 1.82) is 5.26 Å². The van der Waals surface area contributed by atoms with E-state index in [1.807, 2.05) is 0 Å². The van der Waals surface area contributed by atoms with E-state index in [0.29, 0.717) is 12.6 Å². The Balaban J connectivity index is 2.16. The van der Waals surface area contributed by atoms with E-state index >= 15 is 0 Å². The number of nitrogens with zero attached hydrogens (tertiary/aromatic N) is 4. The van der Waals surface area contributed by atoms with Gasteiger partial charge in [0.2, 0.25) is 0 Å². The van der Waals surface area contributed by atoms with Gasteiger partial charge in [0.15, 0.2) is 0 Å². The zero-order chi connectivity index (χ0) is 14.1. The third kappa shape index (κ3) is 6.01. The topological polar surface area (TPSA) is 59.8 Å². The summed E-state index contributed by atoms with van der Waals surface area (Å²) in [5.41, 5.74) is 0. The first-order chi connectivity index (χ1) is 9.17. The van der Waals surface area contributed by atoms with Gasteiger partial charge in [-0.2, -0.15) is 0 Å². The fraction of sp³-hybridized carbons (Fsp3) is 0.846. The molecule has 1 aliphatic rings. The Hall–Kier alpha value is -1.16. The van der Waals surface area contributed by atoms with Crippen LogP contribution in [0.5, 0.6) is 0 Å². The second kappa shape index (κ2) is 8.86. The van der Waals surface area contributed by atoms with Gasteiger partial charge >= 0.3 is 6.26 Å². The van der Waals surface area contributed by atoms with Crippen LogP contribution in [-0.4, -0.2) is 74.0 Å². The molecule has 19 heavy (non-hydrogen) atoms. The maximum absolute atomic E-state index is 10.4. The lowest BCUT2D eigenvalue weighted by Crippen LogP contribution is -2.42. The summed E-state index contributed by atoms with van der Waals surface area (Å²) >= 11 is 0. The maximum Gasteiger partial charge on any atom is 0.307 e. The molecule has 6 heteroatoms. The van der Waals surface area contributed by atoms with Gasteiger partial charge in [0.1, 0.15) is 6.29 Å². The van der Waals surface area contributed by atoms with E-state index in [0.717, 1.165) is 32.3 Å². The second-order valence-corrected chi connectivity index (χ2v) is 5.13. The minimum atomic E-state index is 0.149. The molecule has 1 aliphatic heterocycles. The number of aldehydes is 1. The Labute approximate surface area is 115 Å². The van der Waals surface area contributed by atoms with Gasteiger partial charge in [-0.05, 0) is 53.0 Å². The molecule has 108 valence electrons. The van der Waals surface area contributed by atoms with E-state index in [1.165, 1.54) is 17.9 Å². The lowest BCUT2D eigenvalue weighted by molar-refractivity contribution is -0.125. The number of hydrogen-bond donors (Lipinski definition) is 0. The zero-order valence-corrected chi connectivity index (χ0v) is 11.9. The van der Waals surface area contributed by atoms with Crippen LogP contribution in [-0.2, 0) is 9.63 Å². The SMILES string of the molecule is CN(C)C1CCN(CCCN(CC=O)OC#N)CC1. The average molecular weight is 268 g/mol. The van der Waals surface area contributed by atoms with E-state index in [4.69, 9.17) is 10.1 Å². The molecule has 1 heterocycles. The van der Waals surface area contributed by atoms with E-state index in [2.05, 4.69) is 23.9 Å². The third-order valence-electron chi connectivity index (χ3n) is 3.62. The van der Waals surface area contributed by atoms with E-state index in [1.54, 1.807) is 6.26 Å². The van der Waals surface area contributed by atoms with Crippen LogP contribution < -0.4 is 0 Å². The van der Waals surface area contributed by atoms with Crippen LogP contribution in [0.1, 0.15) is 19.3 Å². The van der Waals surface area contributed by atoms with E-state index in [-0.39, 0.29) is 6.54 Å². The van der Waals surface area contributed by atoms with Crippen molar-refractivity contribution in [3.8, 4) is 6.26 Å². The Kier molecular flexibility index (Phi) is 7.41. The molecule has 0 N–H and O–H groups in total. The minimum absolute atomic E-state index is 0.149. The lowest BCUT2D eigenvalue weighted by Gasteiger charge is -2.35. The van der Waals surface area contributed by atoms with Crippen LogP contribution >= 0.6 is 0 Å². The predicted molar refractivity (Wildman–Crippen MR) is 72.1 cm³/mol. The van der Waals surface area contributed by atoms with E-state index < -0.39 is 0 Å². The quantitative estimate of drug-likeness (QED) is 0.359. The van der Waals surface area contributed by atoms with Gasteiger partial charge in [0, 0.05) is 12.6 Å². The first-order valence-electron chi connectivity index (χ1n) is 6.80. The molecule has 0 amide bonds. The summed E-state index contributed by atoms with van der Waals surface area (Å²) in [7, 11) is 4.27. The summed E-state index contributed by atoms with van der Waals surface area (Å²) < 4.78 is 0. The van der Waals surface area contributed by atoms with Crippen molar-refractivity contribution in [2.45, 2.75) is 25.3 Å². The van der Waals surface area contributed by atoms with Crippen LogP contribution in [0.25, 0.3) is 0 Å². The Morgan fingerprint density at radius 2 is 2.11 bits per heavy atom. The molecule has 6 nitrogen and oxygen atoms in total. The summed E-state index contributed by atoms with van der Waals surface area (Å²) in [6.07, 6.45) is 5.68. The normalized spacial score (nSPS) is 17.6. The van der Waals surface area contributed by atoms with Crippen molar-refractivity contribution in [2.24, 2.45) is 0 Å². The zero-order valence-electron chi connectivity index (χ0n) is 11.9. The van der Waals surface area contributed by atoms with Crippen molar-refractivity contribution in [2.75, 3.05) is 46.8 Å². The van der Waals surface area contributed by atoms with Gasteiger partial charge in [-0.25, -0.2) is 0 Å². The molecule has 0 aromatic heterocycles. The molecule has 1 rings (SSSR count). The maximum atomic E-state index is 10.4. The standard InChI is InChI=1S/C13H24N4O2/c1-15(2)13-4-8-16(9-5-13)6-3-7-17(10-11-18)19-12-14/h11,13H,3-10H2,1-2H3. The van der Waals surface area contributed by atoms with Crippen LogP contribution in [0.3, 0.4) is 0 Å². The van der Waals surface area contributed by atoms with Crippen LogP contribution in [0, 0.1) is 11.5 Å². The molecule has 0 aliphatic carbocycles. The van der Waals surface area contributed by atoms with Gasteiger partial charge in [-0.3, -0.25) is 0 Å². The fourth-order valence-electron chi connectivity index (χ4n) is 2.45. The number of carbonyl (C=O) groups is 1. The Morgan fingerprint density at radius 3 is 2.63 bits per heavy atom. The summed E-state index contributed by atoms with van der Waals surface area (Å²) in [6.45, 7) is 3.99. The molecule has 0 spiro atoms. The summed E-state index contributed by atoms with van der Waals surface area (Å²) in [5, 5.41) is 9.85. The van der Waals surface area contributed by atoms with Crippen molar-refractivity contribution in [3.63, 3.8) is 0 Å². The molecule has 0 aromatic rings. The minimum Gasteiger partial charge on any atom is -0.327 e. The third-order valence-corrected chi connectivity index (χ3v) is 3.62. The first-order valence-corrected chi connectivity index (χ1v) is 6.80. The largest absolute Gasteiger partial charge is 0.327 e. The van der Waals surface area contributed by atoms with Gasteiger partial charge < -0.3 is 19.4 Å². The van der Waals surface area contributed by atoms with E-state index in [9.17, 15) is 4.79 Å². The average Bonchev–Trinajstić information content (AvgIpc) is 2.40. The molecular weight excluding hydrogens is 244 g/mol. The number of likely N-dealkylation sites (tertiary alicyclic amines) is 1. The van der Waals surface area contributed by atoms with Crippen LogP contribution in [0.2, 0.25) is 0 Å². The van der Waals surface area contributed by atoms with Crippen molar-refractivity contribution in [3.05, 3.63) is 0 Å². The highest BCUT2D eigenvalue weighted by Gasteiger charge is 2.20. The number of piperidine rings is 1. The molecule has 1 fully saturated rings. The smallest absolute Gasteiger partial charge is 0.307 e. The highest BCUT2D eigenvalue weighted by molar-refractivity contribution is 5.51. The molecule has 0 atom stereocenters.